The van der Waals surface area contributed by atoms with Gasteiger partial charge in [0.1, 0.15) is 11.6 Å². The molecule has 2 aromatic heterocycles. The number of fused-ring (bicyclic) bond motifs is 1. The van der Waals surface area contributed by atoms with Crippen molar-refractivity contribution in [1.82, 2.24) is 15.3 Å². The molecular weight excluding hydrogens is 368 g/mol. The van der Waals surface area contributed by atoms with Gasteiger partial charge in [0.25, 0.3) is 6.43 Å². The summed E-state index contributed by atoms with van der Waals surface area (Å²) in [5.74, 6) is 0.878. The summed E-state index contributed by atoms with van der Waals surface area (Å²) >= 11 is 0. The number of halogens is 2. The average Bonchev–Trinajstić information content (AvgIpc) is 2.66. The Morgan fingerprint density at radius 3 is 2.93 bits per heavy atom. The maximum atomic E-state index is 13.6. The number of nitrogens with one attached hydrogen (secondary N) is 2. The average molecular weight is 389 g/mol. The first-order valence-corrected chi connectivity index (χ1v) is 9.14. The topological polar surface area (TPSA) is 79.4 Å². The van der Waals surface area contributed by atoms with Crippen molar-refractivity contribution in [2.45, 2.75) is 32.4 Å². The fourth-order valence-corrected chi connectivity index (χ4v) is 3.65. The lowest BCUT2D eigenvalue weighted by Crippen LogP contribution is -2.49. The summed E-state index contributed by atoms with van der Waals surface area (Å²) in [4.78, 5) is 22.6. The van der Waals surface area contributed by atoms with Crippen molar-refractivity contribution >= 4 is 17.7 Å². The Kier molecular flexibility index (Phi) is 4.84. The second-order valence-electron chi connectivity index (χ2n) is 7.10. The maximum absolute atomic E-state index is 13.6. The van der Waals surface area contributed by atoms with Gasteiger partial charge in [0.2, 0.25) is 0 Å². The fraction of sp³-hybridized carbons (Fsp3) is 0.421. The van der Waals surface area contributed by atoms with Gasteiger partial charge in [-0.2, -0.15) is 0 Å². The number of cyclic esters (lactones) is 1. The van der Waals surface area contributed by atoms with Crippen LogP contribution in [-0.2, 0) is 4.74 Å². The van der Waals surface area contributed by atoms with Crippen LogP contribution in [0.5, 0.6) is 0 Å². The number of aromatic nitrogens is 2. The molecule has 0 radical (unpaired) electrons. The number of aryl methyl sites for hydroxylation is 1. The number of alkyl halides is 2. The molecule has 9 heteroatoms. The minimum Gasteiger partial charge on any atom is -0.435 e. The highest BCUT2D eigenvalue weighted by Gasteiger charge is 2.37. The number of anilines is 2. The van der Waals surface area contributed by atoms with Gasteiger partial charge in [-0.05, 0) is 37.6 Å². The molecule has 4 heterocycles. The van der Waals surface area contributed by atoms with E-state index in [2.05, 4.69) is 27.4 Å². The van der Waals surface area contributed by atoms with Gasteiger partial charge in [-0.3, -0.25) is 5.32 Å². The van der Waals surface area contributed by atoms with Crippen LogP contribution in [0.25, 0.3) is 11.3 Å². The van der Waals surface area contributed by atoms with Gasteiger partial charge in [0.15, 0.2) is 6.10 Å². The molecule has 1 fully saturated rings. The number of carbonyl (C=O) groups is 1. The highest BCUT2D eigenvalue weighted by atomic mass is 19.3. The third kappa shape index (κ3) is 3.49. The SMILES string of the molecule is Cc1cc(-c2ccnc3c2C(C(F)F)OC(=O)N3)nc(N2CCNC(C)C2)c1. The van der Waals surface area contributed by atoms with Crippen LogP contribution in [0.15, 0.2) is 24.4 Å². The summed E-state index contributed by atoms with van der Waals surface area (Å²) in [7, 11) is 0. The Morgan fingerprint density at radius 1 is 1.36 bits per heavy atom. The maximum Gasteiger partial charge on any atom is 0.413 e. The minimum absolute atomic E-state index is 0.0831. The lowest BCUT2D eigenvalue weighted by atomic mass is 9.99. The first-order valence-electron chi connectivity index (χ1n) is 9.14. The van der Waals surface area contributed by atoms with Crippen molar-refractivity contribution in [2.24, 2.45) is 0 Å². The van der Waals surface area contributed by atoms with Crippen LogP contribution in [0.4, 0.5) is 25.2 Å². The Labute approximate surface area is 161 Å². The third-order valence-electron chi connectivity index (χ3n) is 4.88. The van der Waals surface area contributed by atoms with Gasteiger partial charge >= 0.3 is 6.09 Å². The number of hydrogen-bond donors (Lipinski definition) is 2. The lowest BCUT2D eigenvalue weighted by molar-refractivity contribution is -0.0168. The minimum atomic E-state index is -2.87. The molecular formula is C19H21F2N5O2. The molecule has 2 N–H and O–H groups in total. The molecule has 0 aliphatic carbocycles. The van der Waals surface area contributed by atoms with E-state index in [1.165, 1.54) is 6.20 Å². The smallest absolute Gasteiger partial charge is 0.413 e. The van der Waals surface area contributed by atoms with E-state index in [9.17, 15) is 13.6 Å². The molecule has 0 bridgehead atoms. The number of nitrogens with zero attached hydrogens (tertiary/aromatic N) is 3. The number of ether oxygens (including phenoxy) is 1. The molecule has 2 aliphatic rings. The van der Waals surface area contributed by atoms with E-state index in [0.717, 1.165) is 31.0 Å². The fourth-order valence-electron chi connectivity index (χ4n) is 3.65. The Bertz CT molecular complexity index is 908. The molecule has 0 spiro atoms. The predicted octanol–water partition coefficient (Wildman–Crippen LogP) is 3.12. The first-order chi connectivity index (χ1) is 13.4. The molecule has 2 atom stereocenters. The summed E-state index contributed by atoms with van der Waals surface area (Å²) < 4.78 is 32.0. The zero-order valence-corrected chi connectivity index (χ0v) is 15.6. The van der Waals surface area contributed by atoms with Crippen molar-refractivity contribution in [1.29, 1.82) is 0 Å². The lowest BCUT2D eigenvalue weighted by Gasteiger charge is -2.33. The van der Waals surface area contributed by atoms with Gasteiger partial charge in [-0.25, -0.2) is 23.5 Å². The zero-order valence-electron chi connectivity index (χ0n) is 15.6. The molecule has 28 heavy (non-hydrogen) atoms. The molecule has 2 unspecified atom stereocenters. The Morgan fingerprint density at radius 2 is 2.18 bits per heavy atom. The van der Waals surface area contributed by atoms with Crippen molar-refractivity contribution in [2.75, 3.05) is 29.9 Å². The molecule has 4 rings (SSSR count). The molecule has 1 saturated heterocycles. The van der Waals surface area contributed by atoms with E-state index in [1.807, 2.05) is 19.1 Å². The standard InChI is InChI=1S/C19H21F2N5O2/c1-10-7-13(24-14(8-10)26-6-5-22-11(2)9-26)12-3-4-23-18-15(12)16(17(20)21)28-19(27)25-18/h3-4,7-8,11,16-17,22H,5-6,9H2,1-2H3,(H,23,25,27). The summed E-state index contributed by atoms with van der Waals surface area (Å²) in [5.41, 5.74) is 2.13. The first kappa shape index (κ1) is 18.5. The van der Waals surface area contributed by atoms with E-state index in [0.29, 0.717) is 17.3 Å². The number of hydrogen-bond acceptors (Lipinski definition) is 6. The number of carbonyl (C=O) groups excluding carboxylic acids is 1. The summed E-state index contributed by atoms with van der Waals surface area (Å²) in [6.07, 6.45) is -4.02. The number of pyridine rings is 2. The van der Waals surface area contributed by atoms with Crippen LogP contribution in [-0.4, -0.2) is 48.2 Å². The summed E-state index contributed by atoms with van der Waals surface area (Å²) in [6, 6.07) is 5.78. The zero-order chi connectivity index (χ0) is 19.8. The van der Waals surface area contributed by atoms with Gasteiger partial charge in [-0.1, -0.05) is 0 Å². The van der Waals surface area contributed by atoms with Gasteiger partial charge in [-0.15, -0.1) is 0 Å². The monoisotopic (exact) mass is 389 g/mol. The summed E-state index contributed by atoms with van der Waals surface area (Å²) in [6.45, 7) is 6.52. The molecule has 0 saturated carbocycles. The third-order valence-corrected chi connectivity index (χ3v) is 4.88. The molecule has 7 nitrogen and oxygen atoms in total. The Hall–Kier alpha value is -2.81. The van der Waals surface area contributed by atoms with Crippen LogP contribution < -0.4 is 15.5 Å². The molecule has 1 amide bonds. The predicted molar refractivity (Wildman–Crippen MR) is 101 cm³/mol. The van der Waals surface area contributed by atoms with Gasteiger partial charge < -0.3 is 15.0 Å². The van der Waals surface area contributed by atoms with Crippen molar-refractivity contribution in [3.05, 3.63) is 35.5 Å². The van der Waals surface area contributed by atoms with E-state index in [1.54, 1.807) is 6.07 Å². The second-order valence-corrected chi connectivity index (χ2v) is 7.10. The van der Waals surface area contributed by atoms with Crippen LogP contribution in [0.1, 0.15) is 24.2 Å². The number of rotatable bonds is 3. The number of piperazine rings is 1. The van der Waals surface area contributed by atoms with E-state index < -0.39 is 18.6 Å². The highest BCUT2D eigenvalue weighted by molar-refractivity contribution is 5.89. The van der Waals surface area contributed by atoms with Gasteiger partial charge in [0, 0.05) is 37.4 Å². The normalized spacial score (nSPS) is 21.9. The molecule has 0 aromatic carbocycles. The van der Waals surface area contributed by atoms with Crippen molar-refractivity contribution in [3.8, 4) is 11.3 Å². The largest absolute Gasteiger partial charge is 0.435 e. The highest BCUT2D eigenvalue weighted by Crippen LogP contribution is 2.40. The molecule has 2 aliphatic heterocycles. The van der Waals surface area contributed by atoms with Crippen LogP contribution >= 0.6 is 0 Å². The van der Waals surface area contributed by atoms with E-state index >= 15 is 0 Å². The van der Waals surface area contributed by atoms with Crippen molar-refractivity contribution < 1.29 is 18.3 Å². The van der Waals surface area contributed by atoms with Crippen molar-refractivity contribution in [3.63, 3.8) is 0 Å². The Balaban J connectivity index is 1.80. The van der Waals surface area contributed by atoms with Gasteiger partial charge in [0.05, 0.1) is 11.3 Å². The van der Waals surface area contributed by atoms with E-state index in [-0.39, 0.29) is 11.4 Å². The van der Waals surface area contributed by atoms with E-state index in [4.69, 9.17) is 9.72 Å². The number of amides is 1. The van der Waals surface area contributed by atoms with Crippen LogP contribution in [0, 0.1) is 6.92 Å². The quantitative estimate of drug-likeness (QED) is 0.840. The summed E-state index contributed by atoms with van der Waals surface area (Å²) in [5, 5.41) is 5.79. The van der Waals surface area contributed by atoms with Crippen LogP contribution in [0.2, 0.25) is 0 Å². The second kappa shape index (κ2) is 7.31. The molecule has 148 valence electrons. The molecule has 2 aromatic rings. The van der Waals surface area contributed by atoms with Crippen LogP contribution in [0.3, 0.4) is 0 Å².